The number of rotatable bonds is 4. The van der Waals surface area contributed by atoms with Gasteiger partial charge in [0.25, 0.3) is 0 Å². The van der Waals surface area contributed by atoms with Crippen LogP contribution in [0, 0.1) is 0 Å². The Morgan fingerprint density at radius 3 is 2.65 bits per heavy atom. The maximum absolute atomic E-state index is 11.7. The van der Waals surface area contributed by atoms with Crippen LogP contribution in [-0.2, 0) is 9.84 Å². The Morgan fingerprint density at radius 1 is 1.35 bits per heavy atom. The summed E-state index contributed by atoms with van der Waals surface area (Å²) in [6.45, 7) is 2.63. The number of hydrogen-bond acceptors (Lipinski definition) is 3. The molecule has 1 fully saturated rings. The lowest BCUT2D eigenvalue weighted by atomic mass is 10.1. The summed E-state index contributed by atoms with van der Waals surface area (Å²) in [6, 6.07) is 10.3. The van der Waals surface area contributed by atoms with Crippen molar-refractivity contribution < 1.29 is 8.42 Å². The SMILES string of the molecule is CC(NCC1CCCS1(=O)=O)c1ccccc1. The van der Waals surface area contributed by atoms with E-state index in [-0.39, 0.29) is 11.3 Å². The van der Waals surface area contributed by atoms with E-state index in [0.717, 1.165) is 12.8 Å². The Bertz CT molecular complexity index is 456. The van der Waals surface area contributed by atoms with Crippen LogP contribution < -0.4 is 5.32 Å². The van der Waals surface area contributed by atoms with E-state index in [2.05, 4.69) is 24.4 Å². The van der Waals surface area contributed by atoms with Crippen LogP contribution in [0.15, 0.2) is 30.3 Å². The van der Waals surface area contributed by atoms with Crippen molar-refractivity contribution in [1.29, 1.82) is 0 Å². The largest absolute Gasteiger partial charge is 0.309 e. The van der Waals surface area contributed by atoms with E-state index in [1.165, 1.54) is 5.56 Å². The molecule has 1 aliphatic rings. The second-order valence-corrected chi connectivity index (χ2v) is 7.07. The van der Waals surface area contributed by atoms with E-state index in [9.17, 15) is 8.42 Å². The molecule has 1 heterocycles. The molecule has 94 valence electrons. The average Bonchev–Trinajstić information content (AvgIpc) is 2.66. The summed E-state index contributed by atoms with van der Waals surface area (Å²) in [5.41, 5.74) is 1.20. The molecule has 1 aliphatic heterocycles. The lowest BCUT2D eigenvalue weighted by Gasteiger charge is -2.17. The molecular formula is C13H19NO2S. The normalized spacial score (nSPS) is 24.6. The molecule has 1 aromatic carbocycles. The fraction of sp³-hybridized carbons (Fsp3) is 0.538. The van der Waals surface area contributed by atoms with Gasteiger partial charge in [0.05, 0.1) is 11.0 Å². The third kappa shape index (κ3) is 3.07. The van der Waals surface area contributed by atoms with Gasteiger partial charge in [-0.05, 0) is 25.3 Å². The zero-order valence-corrected chi connectivity index (χ0v) is 10.9. The summed E-state index contributed by atoms with van der Waals surface area (Å²) in [4.78, 5) is 0. The predicted octanol–water partition coefficient (Wildman–Crippen LogP) is 1.91. The van der Waals surface area contributed by atoms with Crippen molar-refractivity contribution in [2.24, 2.45) is 0 Å². The van der Waals surface area contributed by atoms with E-state index in [0.29, 0.717) is 12.3 Å². The van der Waals surface area contributed by atoms with E-state index in [1.54, 1.807) is 0 Å². The monoisotopic (exact) mass is 253 g/mol. The summed E-state index contributed by atoms with van der Waals surface area (Å²) in [5, 5.41) is 3.13. The van der Waals surface area contributed by atoms with Gasteiger partial charge in [-0.3, -0.25) is 0 Å². The number of hydrogen-bond donors (Lipinski definition) is 1. The smallest absolute Gasteiger partial charge is 0.154 e. The molecule has 0 saturated carbocycles. The van der Waals surface area contributed by atoms with Crippen LogP contribution in [0.25, 0.3) is 0 Å². The van der Waals surface area contributed by atoms with Gasteiger partial charge in [-0.25, -0.2) is 8.42 Å². The molecule has 2 rings (SSSR count). The van der Waals surface area contributed by atoms with Crippen LogP contribution in [0.1, 0.15) is 31.4 Å². The molecular weight excluding hydrogens is 234 g/mol. The first-order chi connectivity index (χ1) is 8.09. The maximum atomic E-state index is 11.7. The highest BCUT2D eigenvalue weighted by atomic mass is 32.2. The van der Waals surface area contributed by atoms with Crippen LogP contribution in [-0.4, -0.2) is 26.0 Å². The molecule has 0 radical (unpaired) electrons. The van der Waals surface area contributed by atoms with Crippen LogP contribution in [0.3, 0.4) is 0 Å². The molecule has 17 heavy (non-hydrogen) atoms. The first kappa shape index (κ1) is 12.6. The molecule has 1 N–H and O–H groups in total. The third-order valence-electron chi connectivity index (χ3n) is 3.41. The summed E-state index contributed by atoms with van der Waals surface area (Å²) >= 11 is 0. The van der Waals surface area contributed by atoms with Crippen molar-refractivity contribution >= 4 is 9.84 Å². The minimum atomic E-state index is -2.83. The van der Waals surface area contributed by atoms with Gasteiger partial charge in [0, 0.05) is 12.6 Å². The summed E-state index contributed by atoms with van der Waals surface area (Å²) < 4.78 is 23.3. The van der Waals surface area contributed by atoms with Crippen LogP contribution >= 0.6 is 0 Å². The van der Waals surface area contributed by atoms with Crippen molar-refractivity contribution in [3.8, 4) is 0 Å². The molecule has 0 spiro atoms. The van der Waals surface area contributed by atoms with Crippen molar-refractivity contribution in [2.75, 3.05) is 12.3 Å². The molecule has 1 saturated heterocycles. The van der Waals surface area contributed by atoms with Crippen LogP contribution in [0.5, 0.6) is 0 Å². The predicted molar refractivity (Wildman–Crippen MR) is 69.7 cm³/mol. The molecule has 3 nitrogen and oxygen atoms in total. The van der Waals surface area contributed by atoms with Gasteiger partial charge in [-0.15, -0.1) is 0 Å². The molecule has 0 aliphatic carbocycles. The Kier molecular flexibility index (Phi) is 3.84. The molecule has 2 atom stereocenters. The van der Waals surface area contributed by atoms with Crippen LogP contribution in [0.4, 0.5) is 0 Å². The molecule has 0 amide bonds. The first-order valence-corrected chi connectivity index (χ1v) is 7.81. The molecule has 1 aromatic rings. The van der Waals surface area contributed by atoms with Crippen molar-refractivity contribution in [1.82, 2.24) is 5.32 Å². The van der Waals surface area contributed by atoms with Gasteiger partial charge >= 0.3 is 0 Å². The van der Waals surface area contributed by atoms with Crippen molar-refractivity contribution in [2.45, 2.75) is 31.1 Å². The van der Waals surface area contributed by atoms with Gasteiger partial charge < -0.3 is 5.32 Å². The van der Waals surface area contributed by atoms with Gasteiger partial charge in [-0.1, -0.05) is 30.3 Å². The van der Waals surface area contributed by atoms with Crippen LogP contribution in [0.2, 0.25) is 0 Å². The third-order valence-corrected chi connectivity index (χ3v) is 5.69. The zero-order valence-electron chi connectivity index (χ0n) is 10.1. The number of benzene rings is 1. The second-order valence-electron chi connectivity index (χ2n) is 4.67. The lowest BCUT2D eigenvalue weighted by molar-refractivity contribution is 0.538. The standard InChI is InChI=1S/C13H19NO2S/c1-11(12-6-3-2-4-7-12)14-10-13-8-5-9-17(13,15)16/h2-4,6-7,11,13-14H,5,8-10H2,1H3. The van der Waals surface area contributed by atoms with E-state index in [4.69, 9.17) is 0 Å². The highest BCUT2D eigenvalue weighted by Gasteiger charge is 2.30. The van der Waals surface area contributed by atoms with Gasteiger partial charge in [0.15, 0.2) is 9.84 Å². The van der Waals surface area contributed by atoms with E-state index in [1.807, 2.05) is 18.2 Å². The van der Waals surface area contributed by atoms with Gasteiger partial charge in [-0.2, -0.15) is 0 Å². The minimum Gasteiger partial charge on any atom is -0.309 e. The summed E-state index contributed by atoms with van der Waals surface area (Å²) in [6.07, 6.45) is 1.62. The van der Waals surface area contributed by atoms with E-state index >= 15 is 0 Å². The average molecular weight is 253 g/mol. The van der Waals surface area contributed by atoms with Crippen molar-refractivity contribution in [3.63, 3.8) is 0 Å². The zero-order chi connectivity index (χ0) is 12.3. The molecule has 0 aromatic heterocycles. The van der Waals surface area contributed by atoms with Crippen molar-refractivity contribution in [3.05, 3.63) is 35.9 Å². The fourth-order valence-corrected chi connectivity index (χ4v) is 4.03. The summed E-state index contributed by atoms with van der Waals surface area (Å²) in [5.74, 6) is 0.360. The Labute approximate surface area is 103 Å². The highest BCUT2D eigenvalue weighted by Crippen LogP contribution is 2.20. The maximum Gasteiger partial charge on any atom is 0.154 e. The topological polar surface area (TPSA) is 46.2 Å². The first-order valence-electron chi connectivity index (χ1n) is 6.09. The Morgan fingerprint density at radius 2 is 2.06 bits per heavy atom. The fourth-order valence-electron chi connectivity index (χ4n) is 2.26. The number of sulfone groups is 1. The Balaban J connectivity index is 1.91. The number of nitrogens with one attached hydrogen (secondary N) is 1. The van der Waals surface area contributed by atoms with E-state index < -0.39 is 9.84 Å². The minimum absolute atomic E-state index is 0.186. The quantitative estimate of drug-likeness (QED) is 0.891. The molecule has 4 heteroatoms. The highest BCUT2D eigenvalue weighted by molar-refractivity contribution is 7.92. The van der Waals surface area contributed by atoms with Gasteiger partial charge in [0.1, 0.15) is 0 Å². The molecule has 0 bridgehead atoms. The van der Waals surface area contributed by atoms with Gasteiger partial charge in [0.2, 0.25) is 0 Å². The summed E-state index contributed by atoms with van der Waals surface area (Å²) in [7, 11) is -2.83. The lowest BCUT2D eigenvalue weighted by Crippen LogP contribution is -2.32. The molecule has 2 unspecified atom stereocenters. The second kappa shape index (κ2) is 5.19. The Hall–Kier alpha value is -0.870.